The van der Waals surface area contributed by atoms with Crippen LogP contribution in [0.3, 0.4) is 0 Å². The molecule has 3 rings (SSSR count). The van der Waals surface area contributed by atoms with Gasteiger partial charge < -0.3 is 19.3 Å². The quantitative estimate of drug-likeness (QED) is 0.399. The van der Waals surface area contributed by atoms with Gasteiger partial charge in [0, 0.05) is 11.8 Å². The Kier molecular flexibility index (Phi) is 7.29. The fourth-order valence-corrected chi connectivity index (χ4v) is 7.33. The van der Waals surface area contributed by atoms with Crippen molar-refractivity contribution in [2.24, 2.45) is 5.73 Å². The fourth-order valence-electron chi connectivity index (χ4n) is 3.73. The first-order valence-corrected chi connectivity index (χ1v) is 19.5. The van der Waals surface area contributed by atoms with Crippen molar-refractivity contribution in [2.45, 2.75) is 109 Å². The van der Waals surface area contributed by atoms with E-state index in [-0.39, 0.29) is 21.3 Å². The number of aryl methyl sites for hydroxylation is 1. The van der Waals surface area contributed by atoms with Crippen LogP contribution in [0, 0.1) is 6.92 Å². The van der Waals surface area contributed by atoms with Crippen LogP contribution in [0.25, 0.3) is 0 Å². The van der Waals surface area contributed by atoms with E-state index in [0.29, 0.717) is 0 Å². The standard InChI is InChI=1S/C23H41N3O8SSi2/c1-14-12-26(20(28)25-17(14)27)18-16(32-36(8,9)21(2,3)4)23(15(24)13-35(29,30)34-23)19(31-18)33-37(10,11)22(5,6)7/h12-13,16,18-19H,24H2,1-11H3,(H,25,27,28)/t16-,18+,19+,23?/m0/s1. The number of nitrogens with one attached hydrogen (secondary N) is 1. The van der Waals surface area contributed by atoms with Crippen LogP contribution in [0.2, 0.25) is 36.3 Å². The Morgan fingerprint density at radius 2 is 1.54 bits per heavy atom. The van der Waals surface area contributed by atoms with Gasteiger partial charge in [0.15, 0.2) is 29.2 Å². The van der Waals surface area contributed by atoms with Gasteiger partial charge in [-0.25, -0.2) is 8.98 Å². The largest absolute Gasteiger partial charge is 0.406 e. The fraction of sp³-hybridized carbons (Fsp3) is 0.739. The molecule has 1 fully saturated rings. The van der Waals surface area contributed by atoms with E-state index in [2.05, 4.69) is 4.98 Å². The van der Waals surface area contributed by atoms with Gasteiger partial charge in [-0.15, -0.1) is 0 Å². The van der Waals surface area contributed by atoms with Crippen LogP contribution in [0.4, 0.5) is 0 Å². The highest BCUT2D eigenvalue weighted by atomic mass is 32.2. The maximum Gasteiger partial charge on any atom is 0.330 e. The lowest BCUT2D eigenvalue weighted by molar-refractivity contribution is -0.147. The van der Waals surface area contributed by atoms with E-state index < -0.39 is 62.2 Å². The van der Waals surface area contributed by atoms with Crippen LogP contribution < -0.4 is 17.0 Å². The van der Waals surface area contributed by atoms with E-state index in [0.717, 1.165) is 5.41 Å². The summed E-state index contributed by atoms with van der Waals surface area (Å²) in [5.74, 6) is 0. The Morgan fingerprint density at radius 1 is 1.03 bits per heavy atom. The number of nitrogens with zero attached hydrogens (tertiary/aromatic N) is 1. The average Bonchev–Trinajstić information content (AvgIpc) is 3.09. The summed E-state index contributed by atoms with van der Waals surface area (Å²) in [5, 5.41) is 0.287. The lowest BCUT2D eigenvalue weighted by Crippen LogP contribution is -2.60. The van der Waals surface area contributed by atoms with Gasteiger partial charge in [-0.2, -0.15) is 8.42 Å². The molecular weight excluding hydrogens is 535 g/mol. The number of nitrogens with two attached hydrogens (primary N) is 1. The summed E-state index contributed by atoms with van der Waals surface area (Å²) in [5.41, 5.74) is 3.40. The molecule has 0 aliphatic carbocycles. The molecule has 0 amide bonds. The van der Waals surface area contributed by atoms with Crippen LogP contribution in [0.5, 0.6) is 0 Å². The number of ether oxygens (including phenoxy) is 1. The monoisotopic (exact) mass is 575 g/mol. The third kappa shape index (κ3) is 5.21. The highest BCUT2D eigenvalue weighted by molar-refractivity contribution is 7.90. The van der Waals surface area contributed by atoms with Crippen LogP contribution in [-0.2, 0) is 27.9 Å². The predicted molar refractivity (Wildman–Crippen MR) is 145 cm³/mol. The maximum atomic E-state index is 13.0. The molecule has 1 aromatic rings. The Hall–Kier alpha value is -1.56. The molecule has 11 nitrogen and oxygen atoms in total. The van der Waals surface area contributed by atoms with Crippen molar-refractivity contribution in [3.8, 4) is 0 Å². The molecule has 4 atom stereocenters. The van der Waals surface area contributed by atoms with Crippen molar-refractivity contribution in [3.05, 3.63) is 43.7 Å². The Morgan fingerprint density at radius 3 is 2.00 bits per heavy atom. The molecule has 0 bridgehead atoms. The van der Waals surface area contributed by atoms with Gasteiger partial charge in [-0.1, -0.05) is 41.5 Å². The summed E-state index contributed by atoms with van der Waals surface area (Å²) >= 11 is 0. The number of aromatic nitrogens is 2. The number of H-pyrrole nitrogens is 1. The SMILES string of the molecule is Cc1cn([C@@H]2O[C@H](O[Si](C)(C)C(C)(C)C)C3(OS(=O)(=O)C=C3N)[C@H]2O[Si](C)(C)C(C)(C)C)c(=O)[nH]c1=O. The Balaban J connectivity index is 2.31. The molecule has 0 saturated carbocycles. The van der Waals surface area contributed by atoms with E-state index >= 15 is 0 Å². The van der Waals surface area contributed by atoms with Crippen molar-refractivity contribution in [3.63, 3.8) is 0 Å². The summed E-state index contributed by atoms with van der Waals surface area (Å²) in [6, 6.07) is 0. The van der Waals surface area contributed by atoms with Crippen LogP contribution >= 0.6 is 0 Å². The zero-order valence-electron chi connectivity index (χ0n) is 23.6. The first-order valence-electron chi connectivity index (χ1n) is 12.2. The molecule has 2 aliphatic rings. The highest BCUT2D eigenvalue weighted by Crippen LogP contribution is 2.53. The van der Waals surface area contributed by atoms with Crippen molar-refractivity contribution < 1.29 is 26.2 Å². The molecular formula is C23H41N3O8SSi2. The third-order valence-electron chi connectivity index (χ3n) is 8.13. The maximum absolute atomic E-state index is 13.0. The summed E-state index contributed by atoms with van der Waals surface area (Å²) in [7, 11) is -9.46. The van der Waals surface area contributed by atoms with Gasteiger partial charge in [0.25, 0.3) is 15.7 Å². The van der Waals surface area contributed by atoms with Gasteiger partial charge in [0.2, 0.25) is 5.60 Å². The summed E-state index contributed by atoms with van der Waals surface area (Å²) in [6.07, 6.45) is -2.33. The van der Waals surface area contributed by atoms with Crippen LogP contribution in [-0.4, -0.2) is 52.6 Å². The second kappa shape index (κ2) is 9.00. The molecule has 0 aromatic carbocycles. The Bertz CT molecular complexity index is 1320. The van der Waals surface area contributed by atoms with E-state index in [1.807, 2.05) is 67.7 Å². The Labute approximate surface area is 220 Å². The van der Waals surface area contributed by atoms with Gasteiger partial charge in [0.1, 0.15) is 6.10 Å². The van der Waals surface area contributed by atoms with Gasteiger partial charge >= 0.3 is 5.69 Å². The zero-order valence-corrected chi connectivity index (χ0v) is 26.4. The topological polar surface area (TPSA) is 152 Å². The number of hydrogen-bond donors (Lipinski definition) is 2. The number of hydrogen-bond acceptors (Lipinski definition) is 9. The van der Waals surface area contributed by atoms with E-state index in [4.69, 9.17) is 23.5 Å². The number of aromatic amines is 1. The molecule has 1 spiro atoms. The molecule has 210 valence electrons. The van der Waals surface area contributed by atoms with Crippen molar-refractivity contribution in [1.82, 2.24) is 9.55 Å². The van der Waals surface area contributed by atoms with E-state index in [9.17, 15) is 18.0 Å². The average molecular weight is 576 g/mol. The molecule has 3 N–H and O–H groups in total. The van der Waals surface area contributed by atoms with E-state index in [1.165, 1.54) is 10.8 Å². The van der Waals surface area contributed by atoms with Crippen molar-refractivity contribution in [1.29, 1.82) is 0 Å². The third-order valence-corrected chi connectivity index (χ3v) is 18.0. The van der Waals surface area contributed by atoms with Crippen molar-refractivity contribution >= 4 is 26.8 Å². The molecule has 1 aromatic heterocycles. The molecule has 14 heteroatoms. The zero-order chi connectivity index (χ0) is 28.6. The highest BCUT2D eigenvalue weighted by Gasteiger charge is 2.69. The molecule has 1 unspecified atom stereocenters. The van der Waals surface area contributed by atoms with Crippen LogP contribution in [0.1, 0.15) is 53.3 Å². The minimum absolute atomic E-state index is 0.128. The van der Waals surface area contributed by atoms with Crippen LogP contribution in [0.15, 0.2) is 26.9 Å². The minimum Gasteiger partial charge on any atom is -0.406 e. The summed E-state index contributed by atoms with van der Waals surface area (Å²) < 4.78 is 52.2. The smallest absolute Gasteiger partial charge is 0.330 e. The summed E-state index contributed by atoms with van der Waals surface area (Å²) in [4.78, 5) is 27.4. The molecule has 3 heterocycles. The lowest BCUT2D eigenvalue weighted by atomic mass is 9.94. The normalized spacial score (nSPS) is 28.6. The first kappa shape index (κ1) is 30.0. The second-order valence-electron chi connectivity index (χ2n) is 13.0. The molecule has 1 saturated heterocycles. The minimum atomic E-state index is -4.21. The second-order valence-corrected chi connectivity index (χ2v) is 23.9. The number of rotatable bonds is 5. The van der Waals surface area contributed by atoms with E-state index in [1.54, 1.807) is 6.92 Å². The molecule has 0 radical (unpaired) electrons. The van der Waals surface area contributed by atoms with Gasteiger partial charge in [0.05, 0.1) is 11.1 Å². The predicted octanol–water partition coefficient (Wildman–Crippen LogP) is 3.01. The summed E-state index contributed by atoms with van der Waals surface area (Å²) in [6.45, 7) is 21.7. The molecule has 37 heavy (non-hydrogen) atoms. The van der Waals surface area contributed by atoms with Gasteiger partial charge in [-0.3, -0.25) is 14.3 Å². The van der Waals surface area contributed by atoms with Crippen molar-refractivity contribution in [2.75, 3.05) is 0 Å². The lowest BCUT2D eigenvalue weighted by Gasteiger charge is -2.44. The first-order chi connectivity index (χ1) is 16.5. The van der Waals surface area contributed by atoms with Gasteiger partial charge in [-0.05, 0) is 43.2 Å². The molecule has 2 aliphatic heterocycles.